The van der Waals surface area contributed by atoms with E-state index >= 15 is 0 Å². The number of nitrogens with two attached hydrogens (primary N) is 1. The molecule has 4 nitrogen and oxygen atoms in total. The highest BCUT2D eigenvalue weighted by molar-refractivity contribution is 8.13. The predicted molar refractivity (Wildman–Crippen MR) is 60.4 cm³/mol. The molecule has 0 saturated carbocycles. The number of nitrogens with one attached hydrogen (secondary N) is 1. The van der Waals surface area contributed by atoms with Crippen molar-refractivity contribution in [2.75, 3.05) is 5.75 Å². The molecule has 5 heteroatoms. The number of aliphatic imine (C=N–C) groups is 1. The van der Waals surface area contributed by atoms with Crippen molar-refractivity contribution in [2.45, 2.75) is 38.8 Å². The van der Waals surface area contributed by atoms with Gasteiger partial charge in [-0.15, -0.1) is 0 Å². The Kier molecular flexibility index (Phi) is 3.42. The van der Waals surface area contributed by atoms with Crippen molar-refractivity contribution in [2.24, 2.45) is 10.7 Å². The van der Waals surface area contributed by atoms with E-state index in [1.165, 1.54) is 0 Å². The summed E-state index contributed by atoms with van der Waals surface area (Å²) in [7, 11) is 0. The molecule has 1 amide bonds. The van der Waals surface area contributed by atoms with Gasteiger partial charge in [0, 0.05) is 5.75 Å². The second-order valence-corrected chi connectivity index (χ2v) is 5.12. The first kappa shape index (κ1) is 11.4. The molecule has 14 heavy (non-hydrogen) atoms. The summed E-state index contributed by atoms with van der Waals surface area (Å²) < 4.78 is 0. The molecule has 1 unspecified atom stereocenters. The second-order valence-electron chi connectivity index (χ2n) is 4.03. The van der Waals surface area contributed by atoms with Crippen LogP contribution in [-0.4, -0.2) is 28.4 Å². The van der Waals surface area contributed by atoms with Gasteiger partial charge in [0.1, 0.15) is 5.54 Å². The van der Waals surface area contributed by atoms with E-state index in [2.05, 4.69) is 17.2 Å². The average molecular weight is 215 g/mol. The molecule has 0 radical (unpaired) electrons. The third-order valence-electron chi connectivity index (χ3n) is 2.15. The van der Waals surface area contributed by atoms with Crippen molar-refractivity contribution in [3.05, 3.63) is 0 Å². The summed E-state index contributed by atoms with van der Waals surface area (Å²) in [4.78, 5) is 15.5. The molecule has 0 fully saturated rings. The van der Waals surface area contributed by atoms with Crippen LogP contribution in [0, 0.1) is 0 Å². The van der Waals surface area contributed by atoms with E-state index in [-0.39, 0.29) is 5.91 Å². The van der Waals surface area contributed by atoms with Crippen LogP contribution < -0.4 is 11.1 Å². The van der Waals surface area contributed by atoms with E-state index < -0.39 is 5.54 Å². The first-order valence-electron chi connectivity index (χ1n) is 4.70. The fraction of sp³-hybridized carbons (Fsp3) is 0.778. The lowest BCUT2D eigenvalue weighted by Crippen LogP contribution is -2.52. The van der Waals surface area contributed by atoms with E-state index in [4.69, 9.17) is 5.73 Å². The monoisotopic (exact) mass is 215 g/mol. The van der Waals surface area contributed by atoms with E-state index in [0.717, 1.165) is 17.3 Å². The Balaban J connectivity index is 2.64. The molecule has 1 aliphatic heterocycles. The fourth-order valence-electron chi connectivity index (χ4n) is 1.03. The number of primary amides is 1. The Hall–Kier alpha value is -0.710. The minimum atomic E-state index is -0.719. The molecule has 1 aliphatic rings. The van der Waals surface area contributed by atoms with Gasteiger partial charge >= 0.3 is 0 Å². The van der Waals surface area contributed by atoms with Crippen molar-refractivity contribution in [1.29, 1.82) is 0 Å². The smallest absolute Gasteiger partial charge is 0.242 e. The van der Waals surface area contributed by atoms with Crippen molar-refractivity contribution in [3.8, 4) is 0 Å². The molecule has 3 N–H and O–H groups in total. The average Bonchev–Trinajstić information content (AvgIpc) is 2.02. The van der Waals surface area contributed by atoms with E-state index in [1.807, 2.05) is 0 Å². The minimum Gasteiger partial charge on any atom is -0.368 e. The highest BCUT2D eigenvalue weighted by atomic mass is 32.2. The highest BCUT2D eigenvalue weighted by Gasteiger charge is 2.27. The normalized spacial score (nSPS) is 22.8. The quantitative estimate of drug-likeness (QED) is 0.713. The number of thioether (sulfide) groups is 1. The maximum absolute atomic E-state index is 11.1. The molecular weight excluding hydrogens is 198 g/mol. The zero-order chi connectivity index (χ0) is 10.8. The van der Waals surface area contributed by atoms with E-state index in [0.29, 0.717) is 6.04 Å². The van der Waals surface area contributed by atoms with Crippen LogP contribution in [0.4, 0.5) is 0 Å². The lowest BCUT2D eigenvalue weighted by Gasteiger charge is -2.26. The summed E-state index contributed by atoms with van der Waals surface area (Å²) in [6.45, 7) is 5.59. The molecule has 0 spiro atoms. The molecular formula is C9H17N3OS. The molecule has 0 aliphatic carbocycles. The number of amidine groups is 1. The number of carbonyl (C=O) groups is 1. The predicted octanol–water partition coefficient (Wildman–Crippen LogP) is 0.721. The zero-order valence-corrected chi connectivity index (χ0v) is 9.65. The van der Waals surface area contributed by atoms with Gasteiger partial charge in [-0.25, -0.2) is 0 Å². The van der Waals surface area contributed by atoms with Gasteiger partial charge in [-0.2, -0.15) is 0 Å². The summed E-state index contributed by atoms with van der Waals surface area (Å²) >= 11 is 1.64. The number of hydrogen-bond acceptors (Lipinski definition) is 4. The largest absolute Gasteiger partial charge is 0.368 e. The number of amides is 1. The lowest BCUT2D eigenvalue weighted by atomic mass is 10.1. The van der Waals surface area contributed by atoms with Crippen molar-refractivity contribution >= 4 is 22.8 Å². The molecule has 80 valence electrons. The van der Waals surface area contributed by atoms with Crippen molar-refractivity contribution < 1.29 is 4.79 Å². The van der Waals surface area contributed by atoms with Gasteiger partial charge in [0.2, 0.25) is 5.91 Å². The number of rotatable bonds is 2. The topological polar surface area (TPSA) is 67.5 Å². The molecule has 0 aromatic carbocycles. The number of nitrogens with zero attached hydrogens (tertiary/aromatic N) is 1. The third kappa shape index (κ3) is 2.90. The van der Waals surface area contributed by atoms with Crippen LogP contribution in [0.15, 0.2) is 4.99 Å². The van der Waals surface area contributed by atoms with Crippen LogP contribution >= 0.6 is 11.8 Å². The summed E-state index contributed by atoms with van der Waals surface area (Å²) in [5.41, 5.74) is 4.54. The van der Waals surface area contributed by atoms with Crippen LogP contribution in [0.5, 0.6) is 0 Å². The highest BCUT2D eigenvalue weighted by Crippen LogP contribution is 2.17. The van der Waals surface area contributed by atoms with Gasteiger partial charge in [-0.1, -0.05) is 11.8 Å². The first-order valence-corrected chi connectivity index (χ1v) is 5.69. The van der Waals surface area contributed by atoms with Crippen molar-refractivity contribution in [3.63, 3.8) is 0 Å². The summed E-state index contributed by atoms with van der Waals surface area (Å²) in [6, 6.07) is 0.336. The fourth-order valence-corrected chi connectivity index (χ4v) is 2.26. The van der Waals surface area contributed by atoms with Crippen molar-refractivity contribution in [1.82, 2.24) is 5.32 Å². The van der Waals surface area contributed by atoms with Crippen LogP contribution in [0.3, 0.4) is 0 Å². The van der Waals surface area contributed by atoms with Crippen LogP contribution in [0.25, 0.3) is 0 Å². The zero-order valence-electron chi connectivity index (χ0n) is 8.83. The number of hydrogen-bond donors (Lipinski definition) is 2. The lowest BCUT2D eigenvalue weighted by molar-refractivity contribution is -0.122. The van der Waals surface area contributed by atoms with E-state index in [9.17, 15) is 4.79 Å². The Labute approximate surface area is 88.7 Å². The molecule has 0 saturated heterocycles. The van der Waals surface area contributed by atoms with Gasteiger partial charge in [-0.3, -0.25) is 9.79 Å². The third-order valence-corrected chi connectivity index (χ3v) is 3.07. The number of carbonyl (C=O) groups excluding carboxylic acids is 1. The summed E-state index contributed by atoms with van der Waals surface area (Å²) in [5.74, 6) is 0.681. The van der Waals surface area contributed by atoms with Crippen LogP contribution in [-0.2, 0) is 4.79 Å². The SMILES string of the molecule is CC1CCSC(NC(C)(C)C(N)=O)=N1. The second kappa shape index (κ2) is 4.21. The Morgan fingerprint density at radius 1 is 1.71 bits per heavy atom. The van der Waals surface area contributed by atoms with Crippen LogP contribution in [0.1, 0.15) is 27.2 Å². The van der Waals surface area contributed by atoms with Gasteiger partial charge in [-0.05, 0) is 27.2 Å². The van der Waals surface area contributed by atoms with Gasteiger partial charge in [0.25, 0.3) is 0 Å². The standard InChI is InChI=1S/C9H17N3OS/c1-6-4-5-14-8(11-6)12-9(2,3)7(10)13/h6H,4-5H2,1-3H3,(H2,10,13)(H,11,12). The van der Waals surface area contributed by atoms with Gasteiger partial charge in [0.05, 0.1) is 6.04 Å². The van der Waals surface area contributed by atoms with Gasteiger partial charge < -0.3 is 11.1 Å². The molecule has 0 aromatic rings. The molecule has 0 bridgehead atoms. The Bertz CT molecular complexity index is 263. The Morgan fingerprint density at radius 3 is 2.86 bits per heavy atom. The molecule has 1 atom stereocenters. The summed E-state index contributed by atoms with van der Waals surface area (Å²) in [5, 5.41) is 3.89. The molecule has 1 heterocycles. The van der Waals surface area contributed by atoms with Crippen LogP contribution in [0.2, 0.25) is 0 Å². The Morgan fingerprint density at radius 2 is 2.36 bits per heavy atom. The molecule has 0 aromatic heterocycles. The molecule has 1 rings (SSSR count). The maximum Gasteiger partial charge on any atom is 0.242 e. The minimum absolute atomic E-state index is 0.336. The van der Waals surface area contributed by atoms with Gasteiger partial charge in [0.15, 0.2) is 5.17 Å². The first-order chi connectivity index (χ1) is 6.42. The van der Waals surface area contributed by atoms with E-state index in [1.54, 1.807) is 25.6 Å². The summed E-state index contributed by atoms with van der Waals surface area (Å²) in [6.07, 6.45) is 1.09. The maximum atomic E-state index is 11.1.